The summed E-state index contributed by atoms with van der Waals surface area (Å²) in [6, 6.07) is 13.6. The molecule has 3 heteroatoms. The molecule has 0 heterocycles. The fourth-order valence-electron chi connectivity index (χ4n) is 3.09. The maximum Gasteiger partial charge on any atom is 0.143 e. The molecule has 0 saturated carbocycles. The van der Waals surface area contributed by atoms with E-state index < -0.39 is 0 Å². The lowest BCUT2D eigenvalue weighted by molar-refractivity contribution is 0.265. The molecule has 21 heavy (non-hydrogen) atoms. The van der Waals surface area contributed by atoms with Gasteiger partial charge in [0.25, 0.3) is 0 Å². The molecule has 1 nitrogen and oxygen atoms in total. The van der Waals surface area contributed by atoms with Crippen LogP contribution in [-0.2, 0) is 6.42 Å². The monoisotopic (exact) mass is 303 g/mol. The van der Waals surface area contributed by atoms with Gasteiger partial charge in [-0.25, -0.2) is 4.39 Å². The predicted octanol–water partition coefficient (Wildman–Crippen LogP) is 5.60. The van der Waals surface area contributed by atoms with Crippen molar-refractivity contribution in [3.05, 3.63) is 64.4 Å². The average Bonchev–Trinajstić information content (AvgIpc) is 2.46. The molecule has 0 fully saturated rings. The second-order valence-electron chi connectivity index (χ2n) is 6.39. The summed E-state index contributed by atoms with van der Waals surface area (Å²) in [6.07, 6.45) is 2.20. The van der Waals surface area contributed by atoms with Crippen LogP contribution in [0.2, 0.25) is 5.02 Å². The summed E-state index contributed by atoms with van der Waals surface area (Å²) < 4.78 is 13.6. The summed E-state index contributed by atoms with van der Waals surface area (Å²) in [5.41, 5.74) is 3.57. The van der Waals surface area contributed by atoms with Gasteiger partial charge in [-0.05, 0) is 47.6 Å². The van der Waals surface area contributed by atoms with Gasteiger partial charge >= 0.3 is 0 Å². The molecule has 1 N–H and O–H groups in total. The Bertz CT molecular complexity index is 666. The van der Waals surface area contributed by atoms with Gasteiger partial charge in [-0.2, -0.15) is 0 Å². The number of benzene rings is 2. The van der Waals surface area contributed by atoms with Gasteiger partial charge < -0.3 is 5.32 Å². The van der Waals surface area contributed by atoms with Gasteiger partial charge in [-0.3, -0.25) is 0 Å². The van der Waals surface area contributed by atoms with Crippen LogP contribution in [0.15, 0.2) is 42.5 Å². The lowest BCUT2D eigenvalue weighted by Crippen LogP contribution is -2.33. The molecule has 1 atom stereocenters. The smallest absolute Gasteiger partial charge is 0.143 e. The number of hydrogen-bond acceptors (Lipinski definition) is 1. The molecule has 0 amide bonds. The third-order valence-corrected chi connectivity index (χ3v) is 4.72. The van der Waals surface area contributed by atoms with E-state index in [0.29, 0.717) is 0 Å². The molecule has 110 valence electrons. The lowest BCUT2D eigenvalue weighted by atomic mass is 9.70. The first-order valence-electron chi connectivity index (χ1n) is 7.27. The molecule has 0 spiro atoms. The normalized spacial score (nSPS) is 19.9. The Morgan fingerprint density at radius 2 is 1.95 bits per heavy atom. The van der Waals surface area contributed by atoms with Gasteiger partial charge in [0.05, 0.1) is 11.1 Å². The van der Waals surface area contributed by atoms with Gasteiger partial charge in [0.2, 0.25) is 0 Å². The highest BCUT2D eigenvalue weighted by Gasteiger charge is 2.35. The lowest BCUT2D eigenvalue weighted by Gasteiger charge is -2.41. The van der Waals surface area contributed by atoms with E-state index in [2.05, 4.69) is 43.4 Å². The Kier molecular flexibility index (Phi) is 3.66. The highest BCUT2D eigenvalue weighted by Crippen LogP contribution is 2.45. The van der Waals surface area contributed by atoms with Crippen molar-refractivity contribution in [2.45, 2.75) is 32.7 Å². The molecular formula is C18H19ClFN. The van der Waals surface area contributed by atoms with Crippen molar-refractivity contribution in [3.63, 3.8) is 0 Å². The fraction of sp³-hybridized carbons (Fsp3) is 0.333. The first kappa shape index (κ1) is 14.4. The Hall–Kier alpha value is -1.54. The minimum Gasteiger partial charge on any atom is -0.378 e. The summed E-state index contributed by atoms with van der Waals surface area (Å²) in [5.74, 6) is -0.386. The van der Waals surface area contributed by atoms with Gasteiger partial charge in [-0.15, -0.1) is 0 Å². The summed E-state index contributed by atoms with van der Waals surface area (Å²) >= 11 is 5.76. The van der Waals surface area contributed by atoms with Crippen molar-refractivity contribution in [1.82, 2.24) is 0 Å². The van der Waals surface area contributed by atoms with E-state index in [1.807, 2.05) is 6.07 Å². The quantitative estimate of drug-likeness (QED) is 0.761. The van der Waals surface area contributed by atoms with Gasteiger partial charge in [0.1, 0.15) is 5.82 Å². The van der Waals surface area contributed by atoms with Crippen LogP contribution in [-0.4, -0.2) is 0 Å². The van der Waals surface area contributed by atoms with Crippen LogP contribution >= 0.6 is 11.6 Å². The number of fused-ring (bicyclic) bond motifs is 1. The van der Waals surface area contributed by atoms with Crippen molar-refractivity contribution >= 4 is 17.3 Å². The molecule has 2 aromatic rings. The first-order valence-corrected chi connectivity index (χ1v) is 7.64. The largest absolute Gasteiger partial charge is 0.378 e. The Morgan fingerprint density at radius 1 is 1.19 bits per heavy atom. The van der Waals surface area contributed by atoms with E-state index in [9.17, 15) is 4.39 Å². The van der Waals surface area contributed by atoms with Crippen molar-refractivity contribution in [2.75, 3.05) is 5.32 Å². The Morgan fingerprint density at radius 3 is 2.71 bits per heavy atom. The van der Waals surface area contributed by atoms with Crippen LogP contribution in [0.5, 0.6) is 0 Å². The van der Waals surface area contributed by atoms with Crippen LogP contribution in [0.25, 0.3) is 0 Å². The number of nitrogens with one attached hydrogen (secondary N) is 1. The highest BCUT2D eigenvalue weighted by atomic mass is 35.5. The summed E-state index contributed by atoms with van der Waals surface area (Å²) in [6.45, 7) is 4.51. The fourth-order valence-corrected chi connectivity index (χ4v) is 3.21. The second-order valence-corrected chi connectivity index (χ2v) is 6.80. The number of halogens is 2. The van der Waals surface area contributed by atoms with Crippen molar-refractivity contribution in [1.29, 1.82) is 0 Å². The highest BCUT2D eigenvalue weighted by molar-refractivity contribution is 6.30. The van der Waals surface area contributed by atoms with Crippen LogP contribution in [0.4, 0.5) is 10.1 Å². The SMILES string of the molecule is CC1(C)CCc2ccccc2C1Nc1ccc(Cl)c(F)c1. The van der Waals surface area contributed by atoms with E-state index in [1.54, 1.807) is 6.07 Å². The average molecular weight is 304 g/mol. The van der Waals surface area contributed by atoms with Gasteiger partial charge in [-0.1, -0.05) is 49.7 Å². The van der Waals surface area contributed by atoms with E-state index in [0.717, 1.165) is 18.5 Å². The van der Waals surface area contributed by atoms with Crippen LogP contribution in [0, 0.1) is 11.2 Å². The van der Waals surface area contributed by atoms with E-state index in [4.69, 9.17) is 11.6 Å². The first-order chi connectivity index (χ1) is 9.97. The Labute approximate surface area is 130 Å². The molecule has 1 unspecified atom stereocenters. The molecular weight excluding hydrogens is 285 g/mol. The van der Waals surface area contributed by atoms with Crippen molar-refractivity contribution in [3.8, 4) is 0 Å². The summed E-state index contributed by atoms with van der Waals surface area (Å²) in [4.78, 5) is 0. The van der Waals surface area contributed by atoms with E-state index in [-0.39, 0.29) is 22.3 Å². The van der Waals surface area contributed by atoms with Gasteiger partial charge in [0.15, 0.2) is 0 Å². The number of aryl methyl sites for hydroxylation is 1. The number of rotatable bonds is 2. The zero-order valence-corrected chi connectivity index (χ0v) is 13.0. The topological polar surface area (TPSA) is 12.0 Å². The van der Waals surface area contributed by atoms with Crippen molar-refractivity contribution in [2.24, 2.45) is 5.41 Å². The number of anilines is 1. The molecule has 0 aromatic heterocycles. The predicted molar refractivity (Wildman–Crippen MR) is 86.3 cm³/mol. The molecule has 0 bridgehead atoms. The molecule has 0 radical (unpaired) electrons. The maximum absolute atomic E-state index is 13.6. The maximum atomic E-state index is 13.6. The third kappa shape index (κ3) is 2.77. The van der Waals surface area contributed by atoms with Gasteiger partial charge in [0, 0.05) is 5.69 Å². The molecule has 2 aromatic carbocycles. The zero-order chi connectivity index (χ0) is 15.0. The minimum absolute atomic E-state index is 0.116. The second kappa shape index (κ2) is 5.34. The molecule has 1 aliphatic rings. The van der Waals surface area contributed by atoms with Crippen LogP contribution in [0.1, 0.15) is 37.4 Å². The van der Waals surface area contributed by atoms with Crippen LogP contribution < -0.4 is 5.32 Å². The van der Waals surface area contributed by atoms with Crippen LogP contribution in [0.3, 0.4) is 0 Å². The molecule has 0 aliphatic heterocycles. The Balaban J connectivity index is 1.97. The summed E-state index contributed by atoms with van der Waals surface area (Å²) in [7, 11) is 0. The van der Waals surface area contributed by atoms with E-state index >= 15 is 0 Å². The van der Waals surface area contributed by atoms with E-state index in [1.165, 1.54) is 17.2 Å². The number of hydrogen-bond donors (Lipinski definition) is 1. The summed E-state index contributed by atoms with van der Waals surface area (Å²) in [5, 5.41) is 3.65. The molecule has 1 aliphatic carbocycles. The molecule has 0 saturated heterocycles. The molecule has 3 rings (SSSR count). The minimum atomic E-state index is -0.386. The van der Waals surface area contributed by atoms with Crippen molar-refractivity contribution < 1.29 is 4.39 Å². The zero-order valence-electron chi connectivity index (χ0n) is 12.3. The third-order valence-electron chi connectivity index (χ3n) is 4.42. The standard InChI is InChI=1S/C18H19ClFN/c1-18(2)10-9-12-5-3-4-6-14(12)17(18)21-13-7-8-15(19)16(20)11-13/h3-8,11,17,21H,9-10H2,1-2H3.